The summed E-state index contributed by atoms with van der Waals surface area (Å²) in [5.41, 5.74) is -0.662. The number of rotatable bonds is 2. The van der Waals surface area contributed by atoms with Crippen molar-refractivity contribution in [2.24, 2.45) is 0 Å². The minimum Gasteiger partial charge on any atom is -0.294 e. The van der Waals surface area contributed by atoms with Gasteiger partial charge in [-0.1, -0.05) is 22.5 Å². The highest BCUT2D eigenvalue weighted by Crippen LogP contribution is 2.20. The summed E-state index contributed by atoms with van der Waals surface area (Å²) in [6.45, 7) is 7.98. The van der Waals surface area contributed by atoms with Gasteiger partial charge in [0.15, 0.2) is 0 Å². The van der Waals surface area contributed by atoms with Gasteiger partial charge in [0.1, 0.15) is 0 Å². The van der Waals surface area contributed by atoms with Crippen LogP contribution < -0.4 is 5.32 Å². The zero-order chi connectivity index (χ0) is 10.9. The number of nitrogens with one attached hydrogen (secondary N) is 1. The number of carbonyl (C=O) groups excluding carboxylic acids is 2. The standard InChI is InChI=1S/C9H13BrN2O2/c1-6(10)4-12-5-7(13)11-8(14)9(12,2)3/h1,4-5H2,2-3H3,(H,11,13,14). The number of nitrogens with zero attached hydrogens (tertiary/aromatic N) is 1. The van der Waals surface area contributed by atoms with Crippen molar-refractivity contribution in [3.05, 3.63) is 11.1 Å². The van der Waals surface area contributed by atoms with Crippen LogP contribution in [0, 0.1) is 0 Å². The fourth-order valence-corrected chi connectivity index (χ4v) is 1.60. The molecule has 5 heteroatoms. The van der Waals surface area contributed by atoms with E-state index in [-0.39, 0.29) is 18.4 Å². The number of hydrogen-bond acceptors (Lipinski definition) is 3. The van der Waals surface area contributed by atoms with E-state index in [1.54, 1.807) is 18.7 Å². The zero-order valence-electron chi connectivity index (χ0n) is 8.26. The van der Waals surface area contributed by atoms with E-state index in [0.717, 1.165) is 4.48 Å². The lowest BCUT2D eigenvalue weighted by Gasteiger charge is -2.39. The molecule has 0 spiro atoms. The first kappa shape index (κ1) is 11.4. The van der Waals surface area contributed by atoms with Crippen LogP contribution in [0.25, 0.3) is 0 Å². The van der Waals surface area contributed by atoms with E-state index in [4.69, 9.17) is 0 Å². The maximum atomic E-state index is 11.5. The average molecular weight is 261 g/mol. The smallest absolute Gasteiger partial charge is 0.246 e. The van der Waals surface area contributed by atoms with Crippen LogP contribution in [0.5, 0.6) is 0 Å². The molecule has 0 bridgehead atoms. The molecule has 0 saturated carbocycles. The van der Waals surface area contributed by atoms with Gasteiger partial charge in [-0.05, 0) is 13.8 Å². The molecule has 14 heavy (non-hydrogen) atoms. The van der Waals surface area contributed by atoms with Gasteiger partial charge in [0, 0.05) is 11.0 Å². The van der Waals surface area contributed by atoms with Crippen molar-refractivity contribution in [2.45, 2.75) is 19.4 Å². The number of hydrogen-bond donors (Lipinski definition) is 1. The Balaban J connectivity index is 2.84. The number of carbonyl (C=O) groups is 2. The van der Waals surface area contributed by atoms with Gasteiger partial charge in [-0.15, -0.1) is 0 Å². The van der Waals surface area contributed by atoms with Crippen LogP contribution in [0.3, 0.4) is 0 Å². The van der Waals surface area contributed by atoms with E-state index in [9.17, 15) is 9.59 Å². The highest BCUT2D eigenvalue weighted by atomic mass is 79.9. The Morgan fingerprint density at radius 1 is 1.64 bits per heavy atom. The number of halogens is 1. The Labute approximate surface area is 91.5 Å². The molecule has 1 rings (SSSR count). The van der Waals surface area contributed by atoms with Gasteiger partial charge >= 0.3 is 0 Å². The largest absolute Gasteiger partial charge is 0.294 e. The molecule has 1 fully saturated rings. The zero-order valence-corrected chi connectivity index (χ0v) is 9.85. The fourth-order valence-electron chi connectivity index (χ4n) is 1.29. The second kappa shape index (κ2) is 3.82. The van der Waals surface area contributed by atoms with Crippen molar-refractivity contribution in [2.75, 3.05) is 13.1 Å². The Hall–Kier alpha value is -0.680. The molecular weight excluding hydrogens is 248 g/mol. The quantitative estimate of drug-likeness (QED) is 0.742. The first-order chi connectivity index (χ1) is 6.34. The van der Waals surface area contributed by atoms with Crippen molar-refractivity contribution < 1.29 is 9.59 Å². The maximum absolute atomic E-state index is 11.5. The van der Waals surface area contributed by atoms with Crippen LogP contribution in [0.4, 0.5) is 0 Å². The van der Waals surface area contributed by atoms with Gasteiger partial charge in [-0.2, -0.15) is 0 Å². The molecule has 0 atom stereocenters. The minimum absolute atomic E-state index is 0.226. The summed E-state index contributed by atoms with van der Waals surface area (Å²) in [4.78, 5) is 24.4. The molecule has 1 saturated heterocycles. The SMILES string of the molecule is C=C(Br)CN1CC(=O)NC(=O)C1(C)C. The summed E-state index contributed by atoms with van der Waals surface area (Å²) < 4.78 is 0.757. The van der Waals surface area contributed by atoms with Gasteiger partial charge in [0.2, 0.25) is 11.8 Å². The second-order valence-corrected chi connectivity index (χ2v) is 4.93. The number of amides is 2. The molecule has 0 unspecified atom stereocenters. The van der Waals surface area contributed by atoms with Crippen LogP contribution >= 0.6 is 15.9 Å². The molecule has 4 nitrogen and oxygen atoms in total. The third-order valence-corrected chi connectivity index (χ3v) is 2.55. The van der Waals surface area contributed by atoms with Crippen molar-refractivity contribution >= 4 is 27.7 Å². The van der Waals surface area contributed by atoms with Crippen LogP contribution in [0.1, 0.15) is 13.8 Å². The van der Waals surface area contributed by atoms with Crippen LogP contribution in [0.2, 0.25) is 0 Å². The van der Waals surface area contributed by atoms with Crippen LogP contribution in [-0.2, 0) is 9.59 Å². The normalized spacial score (nSPS) is 21.9. The van der Waals surface area contributed by atoms with Crippen LogP contribution in [-0.4, -0.2) is 35.3 Å². The van der Waals surface area contributed by atoms with Gasteiger partial charge in [-0.25, -0.2) is 0 Å². The first-order valence-corrected chi connectivity index (χ1v) is 5.06. The fraction of sp³-hybridized carbons (Fsp3) is 0.556. The summed E-state index contributed by atoms with van der Waals surface area (Å²) in [6, 6.07) is 0. The van der Waals surface area contributed by atoms with E-state index in [2.05, 4.69) is 27.8 Å². The van der Waals surface area contributed by atoms with E-state index in [1.165, 1.54) is 0 Å². The van der Waals surface area contributed by atoms with Gasteiger partial charge in [-0.3, -0.25) is 19.8 Å². The Bertz CT molecular complexity index is 297. The van der Waals surface area contributed by atoms with Crippen LogP contribution in [0.15, 0.2) is 11.1 Å². The molecule has 1 aliphatic heterocycles. The van der Waals surface area contributed by atoms with E-state index < -0.39 is 5.54 Å². The Morgan fingerprint density at radius 2 is 2.21 bits per heavy atom. The third-order valence-electron chi connectivity index (χ3n) is 2.30. The molecule has 0 aromatic heterocycles. The first-order valence-electron chi connectivity index (χ1n) is 4.26. The van der Waals surface area contributed by atoms with Gasteiger partial charge in [0.25, 0.3) is 0 Å². The molecule has 2 amide bonds. The summed E-state index contributed by atoms with van der Waals surface area (Å²) in [6.07, 6.45) is 0. The molecule has 0 aromatic rings. The van der Waals surface area contributed by atoms with Crippen molar-refractivity contribution in [1.29, 1.82) is 0 Å². The molecular formula is C9H13BrN2O2. The molecule has 0 aromatic carbocycles. The van der Waals surface area contributed by atoms with Gasteiger partial charge < -0.3 is 0 Å². The third kappa shape index (κ3) is 2.22. The summed E-state index contributed by atoms with van der Waals surface area (Å²) in [5.74, 6) is -0.523. The van der Waals surface area contributed by atoms with E-state index in [0.29, 0.717) is 6.54 Å². The molecule has 1 aliphatic rings. The van der Waals surface area contributed by atoms with Crippen molar-refractivity contribution in [1.82, 2.24) is 10.2 Å². The lowest BCUT2D eigenvalue weighted by atomic mass is 9.99. The number of imide groups is 1. The predicted octanol–water partition coefficient (Wildman–Crippen LogP) is 0.632. The maximum Gasteiger partial charge on any atom is 0.246 e. The topological polar surface area (TPSA) is 49.4 Å². The summed E-state index contributed by atoms with van der Waals surface area (Å²) >= 11 is 3.22. The highest BCUT2D eigenvalue weighted by molar-refractivity contribution is 9.11. The number of piperazine rings is 1. The van der Waals surface area contributed by atoms with Crippen molar-refractivity contribution in [3.8, 4) is 0 Å². The Morgan fingerprint density at radius 3 is 2.71 bits per heavy atom. The van der Waals surface area contributed by atoms with E-state index in [1.807, 2.05) is 0 Å². The lowest BCUT2D eigenvalue weighted by molar-refractivity contribution is -0.144. The average Bonchev–Trinajstić information content (AvgIpc) is 1.99. The van der Waals surface area contributed by atoms with Gasteiger partial charge in [0.05, 0.1) is 12.1 Å². The summed E-state index contributed by atoms with van der Waals surface area (Å²) in [5, 5.41) is 2.31. The Kier molecular flexibility index (Phi) is 3.11. The molecule has 0 aliphatic carbocycles. The second-order valence-electron chi connectivity index (χ2n) is 3.81. The lowest BCUT2D eigenvalue weighted by Crippen LogP contribution is -2.64. The molecule has 0 radical (unpaired) electrons. The molecule has 1 heterocycles. The molecule has 78 valence electrons. The van der Waals surface area contributed by atoms with Crippen molar-refractivity contribution in [3.63, 3.8) is 0 Å². The minimum atomic E-state index is -0.662. The van der Waals surface area contributed by atoms with E-state index >= 15 is 0 Å². The monoisotopic (exact) mass is 260 g/mol. The summed E-state index contributed by atoms with van der Waals surface area (Å²) in [7, 11) is 0. The molecule has 1 N–H and O–H groups in total. The highest BCUT2D eigenvalue weighted by Gasteiger charge is 2.40. The predicted molar refractivity (Wildman–Crippen MR) is 56.9 cm³/mol.